The van der Waals surface area contributed by atoms with Gasteiger partial charge in [0.05, 0.1) is 11.9 Å². The summed E-state index contributed by atoms with van der Waals surface area (Å²) in [6, 6.07) is 0. The van der Waals surface area contributed by atoms with Gasteiger partial charge in [0.2, 0.25) is 0 Å². The molecule has 7 nitrogen and oxygen atoms in total. The van der Waals surface area contributed by atoms with E-state index < -0.39 is 35.9 Å². The van der Waals surface area contributed by atoms with Crippen molar-refractivity contribution in [3.63, 3.8) is 0 Å². The minimum atomic E-state index is -3.32. The molecule has 0 spiro atoms. The van der Waals surface area contributed by atoms with Crippen molar-refractivity contribution in [3.8, 4) is 0 Å². The predicted molar refractivity (Wildman–Crippen MR) is 112 cm³/mol. The van der Waals surface area contributed by atoms with E-state index in [1.165, 1.54) is 11.3 Å². The maximum Gasteiger partial charge on any atom is 0.413 e. The largest absolute Gasteiger partial charge is 0.444 e. The number of amides is 1. The molecular weight excluding hydrogens is 407 g/mol. The molecule has 1 heterocycles. The first-order chi connectivity index (χ1) is 11.5. The normalized spacial score (nSPS) is 13.6. The van der Waals surface area contributed by atoms with Crippen LogP contribution < -0.4 is 5.32 Å². The summed E-state index contributed by atoms with van der Waals surface area (Å²) in [6.07, 6.45) is -0.480. The standard InChI is InChI=1S/C15H31N2O5PSSi2/c1-15(2,3)20-14(18)17-13-16-12(11-24-13)10-23(19,21-25(4,5)6)22-26(7,8)9/h11H,10H2,1-9H3,(H,16,17,18). The molecule has 1 amide bonds. The van der Waals surface area contributed by atoms with Crippen LogP contribution in [0.15, 0.2) is 5.38 Å². The Hall–Kier alpha value is -0.516. The molecule has 0 unspecified atom stereocenters. The van der Waals surface area contributed by atoms with Crippen LogP contribution >= 0.6 is 18.9 Å². The molecule has 0 bridgehead atoms. The number of carbonyl (C=O) groups is 1. The number of rotatable bonds is 7. The lowest BCUT2D eigenvalue weighted by atomic mass is 10.2. The second-order valence-corrected chi connectivity index (χ2v) is 21.3. The van der Waals surface area contributed by atoms with Gasteiger partial charge in [0.25, 0.3) is 0 Å². The van der Waals surface area contributed by atoms with E-state index in [0.717, 1.165) is 0 Å². The van der Waals surface area contributed by atoms with Gasteiger partial charge in [-0.15, -0.1) is 11.3 Å². The van der Waals surface area contributed by atoms with Gasteiger partial charge in [-0.05, 0) is 60.1 Å². The van der Waals surface area contributed by atoms with Crippen molar-refractivity contribution in [1.82, 2.24) is 4.98 Å². The van der Waals surface area contributed by atoms with Crippen LogP contribution in [-0.4, -0.2) is 33.3 Å². The van der Waals surface area contributed by atoms with Crippen LogP contribution in [0, 0.1) is 0 Å². The van der Waals surface area contributed by atoms with Gasteiger partial charge in [-0.25, -0.2) is 9.78 Å². The Bertz CT molecular complexity index is 657. The smallest absolute Gasteiger partial charge is 0.413 e. The molecule has 1 rings (SSSR count). The van der Waals surface area contributed by atoms with Gasteiger partial charge >= 0.3 is 13.7 Å². The maximum atomic E-state index is 13.3. The molecule has 26 heavy (non-hydrogen) atoms. The summed E-state index contributed by atoms with van der Waals surface area (Å²) in [5.41, 5.74) is -0.0168. The Balaban J connectivity index is 2.88. The zero-order valence-corrected chi connectivity index (χ0v) is 20.8. The summed E-state index contributed by atoms with van der Waals surface area (Å²) in [5, 5.41) is 4.73. The van der Waals surface area contributed by atoms with Crippen LogP contribution in [-0.2, 0) is 23.9 Å². The van der Waals surface area contributed by atoms with Gasteiger partial charge in [-0.3, -0.25) is 9.88 Å². The minimum absolute atomic E-state index is 0.0913. The number of anilines is 1. The quantitative estimate of drug-likeness (QED) is 0.422. The van der Waals surface area contributed by atoms with E-state index in [1.807, 2.05) is 39.3 Å². The topological polar surface area (TPSA) is 86.8 Å². The zero-order chi connectivity index (χ0) is 20.4. The number of ether oxygens (including phenoxy) is 1. The molecule has 11 heteroatoms. The molecule has 0 fully saturated rings. The molecule has 0 aromatic carbocycles. The van der Waals surface area contributed by atoms with Gasteiger partial charge in [-0.2, -0.15) is 0 Å². The van der Waals surface area contributed by atoms with Crippen LogP contribution in [0.3, 0.4) is 0 Å². The fourth-order valence-corrected chi connectivity index (χ4v) is 11.0. The Morgan fingerprint density at radius 1 is 1.15 bits per heavy atom. The van der Waals surface area contributed by atoms with E-state index in [0.29, 0.717) is 10.8 Å². The molecule has 0 saturated carbocycles. The van der Waals surface area contributed by atoms with Crippen LogP contribution in [0.2, 0.25) is 39.3 Å². The van der Waals surface area contributed by atoms with Crippen LogP contribution in [0.25, 0.3) is 0 Å². The lowest BCUT2D eigenvalue weighted by molar-refractivity contribution is 0.0636. The van der Waals surface area contributed by atoms with Gasteiger partial charge < -0.3 is 13.2 Å². The van der Waals surface area contributed by atoms with Crippen molar-refractivity contribution in [1.29, 1.82) is 0 Å². The van der Waals surface area contributed by atoms with Gasteiger partial charge in [0, 0.05) is 5.38 Å². The van der Waals surface area contributed by atoms with E-state index in [9.17, 15) is 9.36 Å². The Morgan fingerprint density at radius 2 is 1.65 bits per heavy atom. The number of thiazole rings is 1. The highest BCUT2D eigenvalue weighted by Gasteiger charge is 2.37. The molecule has 150 valence electrons. The number of hydrogen-bond acceptors (Lipinski definition) is 7. The molecule has 1 aromatic rings. The van der Waals surface area contributed by atoms with Crippen LogP contribution in [0.1, 0.15) is 26.5 Å². The monoisotopic (exact) mass is 438 g/mol. The molecule has 0 atom stereocenters. The summed E-state index contributed by atoms with van der Waals surface area (Å²) in [6.45, 7) is 17.2. The molecule has 0 saturated heterocycles. The third-order valence-corrected chi connectivity index (χ3v) is 10.5. The molecule has 0 radical (unpaired) electrons. The second-order valence-electron chi connectivity index (χ2n) is 8.95. The van der Waals surface area contributed by atoms with Crippen molar-refractivity contribution >= 4 is 46.8 Å². The highest BCUT2D eigenvalue weighted by Crippen LogP contribution is 2.55. The second kappa shape index (κ2) is 8.24. The SMILES string of the molecule is CC(C)(C)OC(=O)Nc1nc(CP(=O)(O[Si](C)(C)C)O[Si](C)(C)C)cs1. The summed E-state index contributed by atoms with van der Waals surface area (Å²) in [5.74, 6) is 0. The molecule has 1 N–H and O–H groups in total. The first-order valence-corrected chi connectivity index (χ1v) is 17.8. The lowest BCUT2D eigenvalue weighted by Crippen LogP contribution is -2.30. The van der Waals surface area contributed by atoms with Crippen LogP contribution in [0.4, 0.5) is 9.93 Å². The first kappa shape index (κ1) is 23.5. The van der Waals surface area contributed by atoms with Crippen molar-refractivity contribution in [2.45, 2.75) is 71.8 Å². The fraction of sp³-hybridized carbons (Fsp3) is 0.733. The van der Waals surface area contributed by atoms with Crippen molar-refractivity contribution in [3.05, 3.63) is 11.1 Å². The van der Waals surface area contributed by atoms with Gasteiger partial charge in [0.15, 0.2) is 21.8 Å². The van der Waals surface area contributed by atoms with E-state index in [2.05, 4.69) is 10.3 Å². The molecule has 0 aliphatic heterocycles. The first-order valence-electron chi connectivity index (χ1n) is 8.41. The number of nitrogens with zero attached hydrogens (tertiary/aromatic N) is 1. The molecule has 0 aliphatic carbocycles. The summed E-state index contributed by atoms with van der Waals surface area (Å²) >= 11 is 1.25. The average Bonchev–Trinajstić information content (AvgIpc) is 2.66. The van der Waals surface area contributed by atoms with Crippen molar-refractivity contribution < 1.29 is 22.5 Å². The average molecular weight is 439 g/mol. The van der Waals surface area contributed by atoms with E-state index >= 15 is 0 Å². The van der Waals surface area contributed by atoms with Crippen molar-refractivity contribution in [2.24, 2.45) is 0 Å². The Morgan fingerprint density at radius 3 is 2.08 bits per heavy atom. The Kier molecular flexibility index (Phi) is 7.45. The fourth-order valence-electron chi connectivity index (χ4n) is 1.94. The van der Waals surface area contributed by atoms with Crippen LogP contribution in [0.5, 0.6) is 0 Å². The maximum absolute atomic E-state index is 13.3. The third kappa shape index (κ3) is 9.98. The van der Waals surface area contributed by atoms with E-state index in [1.54, 1.807) is 26.2 Å². The third-order valence-electron chi connectivity index (χ3n) is 2.34. The van der Waals surface area contributed by atoms with E-state index in [-0.39, 0.29) is 6.16 Å². The molecule has 0 aliphatic rings. The summed E-state index contributed by atoms with van der Waals surface area (Å²) in [7, 11) is -7.46. The minimum Gasteiger partial charge on any atom is -0.444 e. The molecular formula is C15H31N2O5PSSi2. The summed E-state index contributed by atoms with van der Waals surface area (Å²) in [4.78, 5) is 16.2. The number of hydrogen-bond donors (Lipinski definition) is 1. The number of aromatic nitrogens is 1. The highest BCUT2D eigenvalue weighted by molar-refractivity contribution is 7.56. The zero-order valence-electron chi connectivity index (χ0n) is 17.1. The number of carbonyl (C=O) groups excluding carboxylic acids is 1. The van der Waals surface area contributed by atoms with E-state index in [4.69, 9.17) is 13.2 Å². The summed E-state index contributed by atoms with van der Waals surface area (Å²) < 4.78 is 30.4. The predicted octanol–water partition coefficient (Wildman–Crippen LogP) is 5.89. The Labute approximate surface area is 162 Å². The van der Waals surface area contributed by atoms with Crippen molar-refractivity contribution in [2.75, 3.05) is 5.32 Å². The molecule has 1 aromatic heterocycles. The van der Waals surface area contributed by atoms with Gasteiger partial charge in [0.1, 0.15) is 5.60 Å². The highest BCUT2D eigenvalue weighted by atomic mass is 32.1. The number of nitrogens with one attached hydrogen (secondary N) is 1. The van der Waals surface area contributed by atoms with Gasteiger partial charge in [-0.1, -0.05) is 0 Å². The lowest BCUT2D eigenvalue weighted by Gasteiger charge is -2.30.